The summed E-state index contributed by atoms with van der Waals surface area (Å²) in [7, 11) is 3.24. The molecule has 32 heavy (non-hydrogen) atoms. The number of aromatic nitrogens is 4. The van der Waals surface area contributed by atoms with Crippen molar-refractivity contribution in [2.45, 2.75) is 6.54 Å². The first kappa shape index (κ1) is 20.0. The third-order valence-electron chi connectivity index (χ3n) is 5.00. The highest BCUT2D eigenvalue weighted by Crippen LogP contribution is 2.31. The minimum Gasteiger partial charge on any atom is -0.497 e. The van der Waals surface area contributed by atoms with E-state index in [9.17, 15) is 4.79 Å². The van der Waals surface area contributed by atoms with E-state index >= 15 is 0 Å². The Kier molecular flexibility index (Phi) is 5.16. The molecule has 0 saturated heterocycles. The van der Waals surface area contributed by atoms with Gasteiger partial charge in [-0.25, -0.2) is 4.98 Å². The monoisotopic (exact) mass is 446 g/mol. The standard InChI is InChI=1S/C23H18N4O4S/c1-29-16-7-3-14(4-8-16)19-11-18-21(32-19)23(28)27(13-24-18)12-20-25-22(31-26-20)15-5-9-17(30-2)10-6-15/h3-11,13H,12H2,1-2H3. The lowest BCUT2D eigenvalue weighted by molar-refractivity contribution is 0.413. The van der Waals surface area contributed by atoms with Crippen LogP contribution in [0.4, 0.5) is 0 Å². The second-order valence-corrected chi connectivity index (χ2v) is 8.03. The smallest absolute Gasteiger partial charge is 0.271 e. The van der Waals surface area contributed by atoms with Gasteiger partial charge in [0.05, 0.1) is 32.6 Å². The fraction of sp³-hybridized carbons (Fsp3) is 0.130. The van der Waals surface area contributed by atoms with Crippen LogP contribution in [0.15, 0.2) is 70.2 Å². The molecule has 2 aromatic carbocycles. The van der Waals surface area contributed by atoms with Crippen LogP contribution in [-0.2, 0) is 6.54 Å². The molecular formula is C23H18N4O4S. The number of hydrogen-bond acceptors (Lipinski definition) is 8. The average molecular weight is 446 g/mol. The maximum Gasteiger partial charge on any atom is 0.271 e. The average Bonchev–Trinajstić information content (AvgIpc) is 3.49. The normalized spacial score (nSPS) is 11.1. The second-order valence-electron chi connectivity index (χ2n) is 6.98. The van der Waals surface area contributed by atoms with E-state index in [0.29, 0.717) is 21.9 Å². The van der Waals surface area contributed by atoms with Crippen molar-refractivity contribution in [3.63, 3.8) is 0 Å². The molecule has 5 aromatic rings. The molecule has 0 bridgehead atoms. The van der Waals surface area contributed by atoms with Gasteiger partial charge in [-0.05, 0) is 60.2 Å². The third kappa shape index (κ3) is 3.74. The van der Waals surface area contributed by atoms with Crippen LogP contribution in [0.25, 0.3) is 32.1 Å². The SMILES string of the molecule is COc1ccc(-c2nc(Cn3cnc4cc(-c5ccc(OC)cc5)sc4c3=O)no2)cc1. The molecule has 0 aliphatic rings. The van der Waals surface area contributed by atoms with Crippen molar-refractivity contribution >= 4 is 21.6 Å². The molecule has 0 radical (unpaired) electrons. The number of methoxy groups -OCH3 is 2. The van der Waals surface area contributed by atoms with Gasteiger partial charge in [0.25, 0.3) is 11.4 Å². The molecule has 0 atom stereocenters. The fourth-order valence-electron chi connectivity index (χ4n) is 3.28. The Morgan fingerprint density at radius 2 is 1.62 bits per heavy atom. The van der Waals surface area contributed by atoms with Gasteiger partial charge in [-0.15, -0.1) is 11.3 Å². The number of rotatable bonds is 6. The fourth-order valence-corrected chi connectivity index (χ4v) is 4.34. The van der Waals surface area contributed by atoms with Gasteiger partial charge in [-0.2, -0.15) is 4.98 Å². The highest BCUT2D eigenvalue weighted by molar-refractivity contribution is 7.22. The molecule has 160 valence electrons. The minimum atomic E-state index is -0.143. The molecule has 8 nitrogen and oxygen atoms in total. The Morgan fingerprint density at radius 3 is 2.28 bits per heavy atom. The number of ether oxygens (including phenoxy) is 2. The van der Waals surface area contributed by atoms with E-state index in [1.807, 2.05) is 54.6 Å². The van der Waals surface area contributed by atoms with Crippen LogP contribution >= 0.6 is 11.3 Å². The van der Waals surface area contributed by atoms with Crippen LogP contribution < -0.4 is 15.0 Å². The highest BCUT2D eigenvalue weighted by atomic mass is 32.1. The zero-order chi connectivity index (χ0) is 22.1. The first-order valence-corrected chi connectivity index (χ1v) is 10.6. The topological polar surface area (TPSA) is 92.3 Å². The first-order valence-electron chi connectivity index (χ1n) is 9.75. The third-order valence-corrected chi connectivity index (χ3v) is 6.16. The van der Waals surface area contributed by atoms with Crippen molar-refractivity contribution < 1.29 is 14.0 Å². The van der Waals surface area contributed by atoms with Crippen molar-refractivity contribution in [3.05, 3.63) is 77.1 Å². The molecule has 0 unspecified atom stereocenters. The molecule has 0 aliphatic carbocycles. The summed E-state index contributed by atoms with van der Waals surface area (Å²) in [5.41, 5.74) is 2.29. The predicted molar refractivity (Wildman–Crippen MR) is 121 cm³/mol. The molecule has 0 aliphatic heterocycles. The summed E-state index contributed by atoms with van der Waals surface area (Å²) in [6.07, 6.45) is 1.51. The largest absolute Gasteiger partial charge is 0.497 e. The summed E-state index contributed by atoms with van der Waals surface area (Å²) in [6, 6.07) is 16.9. The van der Waals surface area contributed by atoms with Gasteiger partial charge in [0.1, 0.15) is 16.2 Å². The lowest BCUT2D eigenvalue weighted by Crippen LogP contribution is -2.20. The zero-order valence-corrected chi connectivity index (χ0v) is 18.1. The molecular weight excluding hydrogens is 428 g/mol. The molecule has 3 heterocycles. The van der Waals surface area contributed by atoms with Crippen molar-refractivity contribution in [3.8, 4) is 33.4 Å². The van der Waals surface area contributed by atoms with Crippen LogP contribution in [0, 0.1) is 0 Å². The van der Waals surface area contributed by atoms with Gasteiger partial charge < -0.3 is 14.0 Å². The van der Waals surface area contributed by atoms with E-state index in [1.165, 1.54) is 22.2 Å². The number of benzene rings is 2. The van der Waals surface area contributed by atoms with Crippen molar-refractivity contribution in [1.82, 2.24) is 19.7 Å². The van der Waals surface area contributed by atoms with Gasteiger partial charge in [-0.1, -0.05) is 5.16 Å². The predicted octanol–water partition coefficient (Wildman–Crippen LogP) is 4.24. The van der Waals surface area contributed by atoms with Crippen LogP contribution in [0.3, 0.4) is 0 Å². The Balaban J connectivity index is 1.41. The van der Waals surface area contributed by atoms with E-state index < -0.39 is 0 Å². The molecule has 9 heteroatoms. The molecule has 0 spiro atoms. The summed E-state index contributed by atoms with van der Waals surface area (Å²) in [5, 5.41) is 4.01. The van der Waals surface area contributed by atoms with E-state index in [1.54, 1.807) is 14.2 Å². The quantitative estimate of drug-likeness (QED) is 0.385. The molecule has 0 N–H and O–H groups in total. The van der Waals surface area contributed by atoms with Crippen LogP contribution in [-0.4, -0.2) is 33.9 Å². The molecule has 3 aromatic heterocycles. The lowest BCUT2D eigenvalue weighted by atomic mass is 10.2. The summed E-state index contributed by atoms with van der Waals surface area (Å²) in [4.78, 5) is 22.9. The summed E-state index contributed by atoms with van der Waals surface area (Å²) in [5.74, 6) is 2.29. The van der Waals surface area contributed by atoms with Crippen molar-refractivity contribution in [2.75, 3.05) is 14.2 Å². The van der Waals surface area contributed by atoms with E-state index in [0.717, 1.165) is 27.5 Å². The molecule has 0 amide bonds. The zero-order valence-electron chi connectivity index (χ0n) is 17.3. The van der Waals surface area contributed by atoms with Gasteiger partial charge >= 0.3 is 0 Å². The lowest BCUT2D eigenvalue weighted by Gasteiger charge is -2.01. The number of hydrogen-bond donors (Lipinski definition) is 0. The number of nitrogens with zero attached hydrogens (tertiary/aromatic N) is 4. The minimum absolute atomic E-state index is 0.143. The van der Waals surface area contributed by atoms with Gasteiger partial charge in [0.15, 0.2) is 5.82 Å². The van der Waals surface area contributed by atoms with Gasteiger partial charge in [-0.3, -0.25) is 9.36 Å². The number of fused-ring (bicyclic) bond motifs is 1. The second kappa shape index (κ2) is 8.27. The van der Waals surface area contributed by atoms with Crippen LogP contribution in [0.5, 0.6) is 11.5 Å². The molecule has 5 rings (SSSR count). The van der Waals surface area contributed by atoms with Crippen LogP contribution in [0.1, 0.15) is 5.82 Å². The summed E-state index contributed by atoms with van der Waals surface area (Å²) >= 11 is 1.41. The Morgan fingerprint density at radius 1 is 0.969 bits per heavy atom. The Hall–Kier alpha value is -3.98. The number of thiophene rings is 1. The van der Waals surface area contributed by atoms with E-state index in [4.69, 9.17) is 14.0 Å². The Labute approximate surface area is 186 Å². The molecule has 0 fully saturated rings. The van der Waals surface area contributed by atoms with E-state index in [2.05, 4.69) is 15.1 Å². The maximum absolute atomic E-state index is 13.0. The summed E-state index contributed by atoms with van der Waals surface area (Å²) < 4.78 is 17.8. The van der Waals surface area contributed by atoms with Crippen molar-refractivity contribution in [2.24, 2.45) is 0 Å². The first-order chi connectivity index (χ1) is 15.6. The molecule has 0 saturated carbocycles. The summed E-state index contributed by atoms with van der Waals surface area (Å²) in [6.45, 7) is 0.164. The van der Waals surface area contributed by atoms with Crippen molar-refractivity contribution in [1.29, 1.82) is 0 Å². The van der Waals surface area contributed by atoms with Gasteiger partial charge in [0.2, 0.25) is 0 Å². The van der Waals surface area contributed by atoms with Gasteiger partial charge in [0, 0.05) is 10.4 Å². The highest BCUT2D eigenvalue weighted by Gasteiger charge is 2.14. The maximum atomic E-state index is 13.0. The Bertz CT molecular complexity index is 1440. The van der Waals surface area contributed by atoms with Crippen LogP contribution in [0.2, 0.25) is 0 Å². The van der Waals surface area contributed by atoms with E-state index in [-0.39, 0.29) is 12.1 Å².